The van der Waals surface area contributed by atoms with Crippen molar-refractivity contribution in [3.8, 4) is 12.0 Å². The standard InChI is InChI=1S/C32H52N4O10.C24H36N4O6/c1-2-10-38-12-14-40-16-18-42-20-22-44-24-25-45-23-21-43-19-17-41-15-13-39-11-8-31(37)35-26-28-3-5-29(6-4-28)27-46-32-34-9-7-30(33)36-32;1-2-10-30-12-14-32-16-17-33-15-13-31-11-8-23(29)27-18-20-3-5-21(6-4-20)19-34-24-26-9-7-22(25)28-24/h3-7,9H,2,8,10-27H2,1H3,(H,35,37)(H2,33,34,36);3-7,9H,2,8,10-19H2,1H3,(H,27,29)(H2,25,26,28). The van der Waals surface area contributed by atoms with E-state index in [0.29, 0.717) is 190 Å². The van der Waals surface area contributed by atoms with Crippen LogP contribution < -0.4 is 31.6 Å². The zero-order valence-corrected chi connectivity index (χ0v) is 47.0. The van der Waals surface area contributed by atoms with Gasteiger partial charge in [-0.1, -0.05) is 62.4 Å². The second-order valence-electron chi connectivity index (χ2n) is 17.1. The molecule has 0 unspecified atom stereocenters. The van der Waals surface area contributed by atoms with Crippen molar-refractivity contribution >= 4 is 23.5 Å². The van der Waals surface area contributed by atoms with Gasteiger partial charge in [0.1, 0.15) is 24.8 Å². The van der Waals surface area contributed by atoms with Gasteiger partial charge in [-0.2, -0.15) is 9.97 Å². The van der Waals surface area contributed by atoms with Gasteiger partial charge in [0.25, 0.3) is 0 Å². The van der Waals surface area contributed by atoms with Gasteiger partial charge in [-0.05, 0) is 47.2 Å². The summed E-state index contributed by atoms with van der Waals surface area (Å²) >= 11 is 0. The van der Waals surface area contributed by atoms with Crippen molar-refractivity contribution in [1.29, 1.82) is 0 Å². The second kappa shape index (κ2) is 49.1. The number of nitrogens with two attached hydrogens (primary N) is 2. The van der Waals surface area contributed by atoms with Crippen molar-refractivity contribution in [3.63, 3.8) is 0 Å². The lowest BCUT2D eigenvalue weighted by Gasteiger charge is -2.09. The minimum Gasteiger partial charge on any atom is -0.459 e. The van der Waals surface area contributed by atoms with Gasteiger partial charge in [0.15, 0.2) is 0 Å². The highest BCUT2D eigenvalue weighted by Crippen LogP contribution is 2.11. The van der Waals surface area contributed by atoms with Gasteiger partial charge in [-0.15, -0.1) is 0 Å². The molecule has 0 atom stereocenters. The first-order chi connectivity index (χ1) is 39.3. The molecule has 0 aliphatic rings. The van der Waals surface area contributed by atoms with Crippen LogP contribution in [0.5, 0.6) is 12.0 Å². The Balaban J connectivity index is 0.000000439. The first-order valence-electron chi connectivity index (χ1n) is 27.4. The van der Waals surface area contributed by atoms with Gasteiger partial charge in [-0.3, -0.25) is 9.59 Å². The Hall–Kier alpha value is -5.74. The summed E-state index contributed by atoms with van der Waals surface area (Å²) in [5, 5.41) is 5.77. The van der Waals surface area contributed by atoms with E-state index in [1.165, 1.54) is 0 Å². The quantitative estimate of drug-likeness (QED) is 0.0448. The largest absolute Gasteiger partial charge is 0.459 e. The number of benzene rings is 2. The van der Waals surface area contributed by atoms with Crippen LogP contribution in [0.4, 0.5) is 11.6 Å². The fourth-order valence-corrected chi connectivity index (χ4v) is 6.25. The normalized spacial score (nSPS) is 11.0. The fourth-order valence-electron chi connectivity index (χ4n) is 6.25. The minimum atomic E-state index is -0.0792. The van der Waals surface area contributed by atoms with E-state index >= 15 is 0 Å². The van der Waals surface area contributed by atoms with E-state index < -0.39 is 0 Å². The van der Waals surface area contributed by atoms with Crippen LogP contribution >= 0.6 is 0 Å². The summed E-state index contributed by atoms with van der Waals surface area (Å²) in [6, 6.07) is 19.1. The zero-order chi connectivity index (χ0) is 57.0. The van der Waals surface area contributed by atoms with E-state index in [4.69, 9.17) is 77.8 Å². The molecular weight excluding hydrogens is 1040 g/mol. The average molecular weight is 1130 g/mol. The van der Waals surface area contributed by atoms with Crippen LogP contribution in [0, 0.1) is 0 Å². The number of amides is 2. The number of hydrogen-bond donors (Lipinski definition) is 4. The van der Waals surface area contributed by atoms with Crippen LogP contribution in [0.15, 0.2) is 73.1 Å². The van der Waals surface area contributed by atoms with Crippen molar-refractivity contribution in [3.05, 3.63) is 95.3 Å². The summed E-state index contributed by atoms with van der Waals surface area (Å²) in [4.78, 5) is 40.1. The van der Waals surface area contributed by atoms with E-state index in [-0.39, 0.29) is 30.3 Å². The Morgan fingerprint density at radius 1 is 0.362 bits per heavy atom. The van der Waals surface area contributed by atoms with Crippen molar-refractivity contribution in [1.82, 2.24) is 30.6 Å². The molecule has 24 heteroatoms. The second-order valence-corrected chi connectivity index (χ2v) is 17.1. The molecule has 2 aromatic carbocycles. The van der Waals surface area contributed by atoms with Gasteiger partial charge >= 0.3 is 12.0 Å². The predicted octanol–water partition coefficient (Wildman–Crippen LogP) is 4.31. The number of nitrogen functional groups attached to an aromatic ring is 2. The Kier molecular flexibility index (Phi) is 42.1. The minimum absolute atomic E-state index is 0.0640. The molecule has 0 saturated carbocycles. The van der Waals surface area contributed by atoms with Crippen molar-refractivity contribution in [2.45, 2.75) is 65.8 Å². The molecule has 4 aromatic rings. The van der Waals surface area contributed by atoms with E-state index in [9.17, 15) is 9.59 Å². The smallest absolute Gasteiger partial charge is 0.318 e. The Morgan fingerprint density at radius 3 is 0.875 bits per heavy atom. The van der Waals surface area contributed by atoms with E-state index in [1.807, 2.05) is 48.5 Å². The van der Waals surface area contributed by atoms with Gasteiger partial charge in [0.05, 0.1) is 145 Å². The number of nitrogens with zero attached hydrogens (tertiary/aromatic N) is 4. The van der Waals surface area contributed by atoms with E-state index in [0.717, 1.165) is 48.3 Å². The first-order valence-corrected chi connectivity index (χ1v) is 27.4. The van der Waals surface area contributed by atoms with E-state index in [2.05, 4.69) is 44.4 Å². The summed E-state index contributed by atoms with van der Waals surface area (Å²) in [6.07, 6.45) is 5.70. The van der Waals surface area contributed by atoms with Crippen LogP contribution in [0.3, 0.4) is 0 Å². The van der Waals surface area contributed by atoms with Crippen molar-refractivity contribution in [2.75, 3.05) is 170 Å². The maximum absolute atomic E-state index is 12.1. The summed E-state index contributed by atoms with van der Waals surface area (Å²) in [5.41, 5.74) is 15.1. The summed E-state index contributed by atoms with van der Waals surface area (Å²) in [6.45, 7) is 18.2. The molecule has 2 heterocycles. The Labute approximate surface area is 471 Å². The van der Waals surface area contributed by atoms with Gasteiger partial charge in [0, 0.05) is 51.5 Å². The molecule has 80 heavy (non-hydrogen) atoms. The Bertz CT molecular complexity index is 2100. The molecule has 0 fully saturated rings. The number of carbonyl (C=O) groups excluding carboxylic acids is 2. The Morgan fingerprint density at radius 2 is 0.613 bits per heavy atom. The highest BCUT2D eigenvalue weighted by molar-refractivity contribution is 5.76. The highest BCUT2D eigenvalue weighted by atomic mass is 16.6. The monoisotopic (exact) mass is 1130 g/mol. The molecule has 2 aromatic heterocycles. The van der Waals surface area contributed by atoms with E-state index in [1.54, 1.807) is 24.5 Å². The van der Waals surface area contributed by atoms with Crippen molar-refractivity contribution < 1.29 is 75.9 Å². The van der Waals surface area contributed by atoms with Crippen LogP contribution in [0.2, 0.25) is 0 Å². The third kappa shape index (κ3) is 39.6. The molecule has 0 radical (unpaired) electrons. The lowest BCUT2D eigenvalue weighted by molar-refractivity contribution is -0.123. The van der Waals surface area contributed by atoms with Crippen LogP contribution in [0.1, 0.15) is 61.8 Å². The summed E-state index contributed by atoms with van der Waals surface area (Å²) in [7, 11) is 0. The molecule has 0 bridgehead atoms. The summed E-state index contributed by atoms with van der Waals surface area (Å²) < 4.78 is 76.1. The number of rotatable bonds is 50. The number of anilines is 2. The molecule has 4 rings (SSSR count). The van der Waals surface area contributed by atoms with Crippen LogP contribution in [-0.4, -0.2) is 190 Å². The lowest BCUT2D eigenvalue weighted by atomic mass is 10.1. The molecule has 0 aliphatic carbocycles. The molecule has 0 saturated heterocycles. The lowest BCUT2D eigenvalue weighted by Crippen LogP contribution is -2.24. The van der Waals surface area contributed by atoms with Crippen LogP contribution in [-0.2, 0) is 92.7 Å². The molecular formula is C56H88N8O16. The average Bonchev–Trinajstić information content (AvgIpc) is 3.47. The van der Waals surface area contributed by atoms with Gasteiger partial charge < -0.3 is 88.4 Å². The van der Waals surface area contributed by atoms with Gasteiger partial charge in [-0.25, -0.2) is 9.97 Å². The first kappa shape index (κ1) is 68.5. The molecule has 0 spiro atoms. The molecule has 24 nitrogen and oxygen atoms in total. The third-order valence-corrected chi connectivity index (χ3v) is 10.4. The predicted molar refractivity (Wildman–Crippen MR) is 298 cm³/mol. The summed E-state index contributed by atoms with van der Waals surface area (Å²) in [5.74, 6) is 0.573. The van der Waals surface area contributed by atoms with Gasteiger partial charge in [0.2, 0.25) is 11.8 Å². The maximum Gasteiger partial charge on any atom is 0.318 e. The third-order valence-electron chi connectivity index (χ3n) is 10.4. The topological polar surface area (TPSA) is 291 Å². The number of hydrogen-bond acceptors (Lipinski definition) is 22. The maximum atomic E-state index is 12.1. The number of carbonyl (C=O) groups is 2. The molecule has 2 amide bonds. The zero-order valence-electron chi connectivity index (χ0n) is 47.0. The van der Waals surface area contributed by atoms with Crippen molar-refractivity contribution in [2.24, 2.45) is 0 Å². The fraction of sp³-hybridized carbons (Fsp3) is 0.607. The van der Waals surface area contributed by atoms with Crippen LogP contribution in [0.25, 0.3) is 0 Å². The SMILES string of the molecule is CCCOCCOCCOCCOCCC(=O)NCc1ccc(COc2nccc(N)n2)cc1.CCCOCCOCCOCCOCCOCCOCCOCCOCCC(=O)NCc1ccc(COc2nccc(N)n2)cc1. The molecule has 0 aliphatic heterocycles. The highest BCUT2D eigenvalue weighted by Gasteiger charge is 2.06. The number of aromatic nitrogens is 4. The molecule has 6 N–H and O–H groups in total. The number of nitrogens with one attached hydrogen (secondary N) is 2. The molecule has 448 valence electrons. The number of ether oxygens (including phenoxy) is 14.